The molecule has 152 valence electrons. The van der Waals surface area contributed by atoms with Crippen molar-refractivity contribution in [3.05, 3.63) is 29.6 Å². The number of anilines is 1. The molecule has 0 unspecified atom stereocenters. The van der Waals surface area contributed by atoms with E-state index in [0.29, 0.717) is 36.8 Å². The zero-order valence-corrected chi connectivity index (χ0v) is 16.4. The fraction of sp³-hybridized carbons (Fsp3) is 0.550. The minimum Gasteiger partial charge on any atom is -0.465 e. The number of rotatable bonds is 8. The molecule has 1 fully saturated rings. The molecule has 1 aliphatic rings. The summed E-state index contributed by atoms with van der Waals surface area (Å²) in [6, 6.07) is 3.52. The number of aromatic nitrogens is 2. The highest BCUT2D eigenvalue weighted by Crippen LogP contribution is 2.36. The van der Waals surface area contributed by atoms with E-state index in [1.807, 2.05) is 10.6 Å². The minimum absolute atomic E-state index is 0.0834. The largest absolute Gasteiger partial charge is 0.465 e. The Labute approximate surface area is 164 Å². The molecule has 1 aliphatic carbocycles. The van der Waals surface area contributed by atoms with E-state index in [0.717, 1.165) is 24.4 Å². The molecule has 8 nitrogen and oxygen atoms in total. The van der Waals surface area contributed by atoms with Crippen LogP contribution < -0.4 is 16.4 Å². The van der Waals surface area contributed by atoms with Crippen LogP contribution in [0.2, 0.25) is 0 Å². The molecule has 0 bridgehead atoms. The smallest absolute Gasteiger partial charge is 0.325 e. The highest BCUT2D eigenvalue weighted by molar-refractivity contribution is 5.95. The molecule has 2 aromatic rings. The quantitative estimate of drug-likeness (QED) is 0.598. The first-order valence-electron chi connectivity index (χ1n) is 10.0. The van der Waals surface area contributed by atoms with Crippen molar-refractivity contribution in [3.8, 4) is 0 Å². The van der Waals surface area contributed by atoms with Crippen molar-refractivity contribution < 1.29 is 14.3 Å². The van der Waals surface area contributed by atoms with E-state index in [1.165, 1.54) is 19.3 Å². The van der Waals surface area contributed by atoms with E-state index in [-0.39, 0.29) is 18.4 Å². The monoisotopic (exact) mass is 387 g/mol. The van der Waals surface area contributed by atoms with Gasteiger partial charge in [0.25, 0.3) is 5.91 Å². The van der Waals surface area contributed by atoms with Crippen molar-refractivity contribution >= 4 is 23.3 Å². The lowest BCUT2D eigenvalue weighted by Crippen LogP contribution is -2.29. The molecule has 1 amide bonds. The Morgan fingerprint density at radius 2 is 2.11 bits per heavy atom. The van der Waals surface area contributed by atoms with Crippen LogP contribution in [0, 0.1) is 0 Å². The third-order valence-electron chi connectivity index (χ3n) is 5.04. The maximum Gasteiger partial charge on any atom is 0.325 e. The predicted octanol–water partition coefficient (Wildman–Crippen LogP) is 2.05. The number of carbonyl (C=O) groups is 2. The number of hydrogen-bond acceptors (Lipinski definition) is 6. The van der Waals surface area contributed by atoms with E-state index in [9.17, 15) is 9.59 Å². The summed E-state index contributed by atoms with van der Waals surface area (Å²) < 4.78 is 6.94. The molecule has 1 saturated carbocycles. The lowest BCUT2D eigenvalue weighted by Gasteiger charge is -2.21. The van der Waals surface area contributed by atoms with Gasteiger partial charge in [-0.25, -0.2) is 4.98 Å². The number of imidazole rings is 1. The van der Waals surface area contributed by atoms with Crippen molar-refractivity contribution in [3.63, 3.8) is 0 Å². The number of nitrogens with one attached hydrogen (secondary N) is 2. The molecule has 0 aromatic carbocycles. The highest BCUT2D eigenvalue weighted by Gasteiger charge is 2.24. The Balaban J connectivity index is 1.91. The molecule has 8 heteroatoms. The second-order valence-electron chi connectivity index (χ2n) is 7.03. The van der Waals surface area contributed by atoms with E-state index in [1.54, 1.807) is 19.1 Å². The maximum absolute atomic E-state index is 12.2. The molecule has 2 aromatic heterocycles. The summed E-state index contributed by atoms with van der Waals surface area (Å²) in [5.74, 6) is 0.692. The number of nitrogens with two attached hydrogens (primary N) is 1. The third-order valence-corrected chi connectivity index (χ3v) is 5.04. The number of esters is 1. The molecular weight excluding hydrogens is 358 g/mol. The lowest BCUT2D eigenvalue weighted by molar-refractivity contribution is -0.140. The molecule has 4 N–H and O–H groups in total. The topological polar surface area (TPSA) is 111 Å². The molecule has 0 aliphatic heterocycles. The van der Waals surface area contributed by atoms with Crippen LogP contribution in [0.15, 0.2) is 18.3 Å². The molecule has 0 spiro atoms. The Bertz CT molecular complexity index is 827. The zero-order valence-electron chi connectivity index (χ0n) is 16.4. The number of ether oxygens (including phenoxy) is 1. The summed E-state index contributed by atoms with van der Waals surface area (Å²) >= 11 is 0. The summed E-state index contributed by atoms with van der Waals surface area (Å²) in [7, 11) is 0. The van der Waals surface area contributed by atoms with Gasteiger partial charge in [0, 0.05) is 30.8 Å². The number of hydrogen-bond donors (Lipinski definition) is 3. The Morgan fingerprint density at radius 3 is 2.82 bits per heavy atom. The van der Waals surface area contributed by atoms with Gasteiger partial charge in [0.1, 0.15) is 18.0 Å². The van der Waals surface area contributed by atoms with Gasteiger partial charge in [0.2, 0.25) is 0 Å². The molecule has 3 rings (SSSR count). The first-order chi connectivity index (χ1) is 13.6. The van der Waals surface area contributed by atoms with Crippen molar-refractivity contribution in [2.75, 3.05) is 31.6 Å². The van der Waals surface area contributed by atoms with Gasteiger partial charge in [0.15, 0.2) is 0 Å². The summed E-state index contributed by atoms with van der Waals surface area (Å²) in [4.78, 5) is 28.9. The van der Waals surface area contributed by atoms with Gasteiger partial charge >= 0.3 is 5.97 Å². The molecule has 0 saturated heterocycles. The first-order valence-corrected chi connectivity index (χ1v) is 10.0. The first kappa shape index (κ1) is 20.1. The fourth-order valence-corrected chi connectivity index (χ4v) is 3.70. The molecule has 28 heavy (non-hydrogen) atoms. The van der Waals surface area contributed by atoms with Crippen molar-refractivity contribution in [2.45, 2.75) is 44.9 Å². The number of fused-ring (bicyclic) bond motifs is 1. The second-order valence-corrected chi connectivity index (χ2v) is 7.03. The number of pyridine rings is 1. The van der Waals surface area contributed by atoms with Crippen molar-refractivity contribution in [1.82, 2.24) is 14.7 Å². The molecule has 2 heterocycles. The lowest BCUT2D eigenvalue weighted by atomic mass is 9.87. The van der Waals surface area contributed by atoms with Crippen LogP contribution in [0.5, 0.6) is 0 Å². The van der Waals surface area contributed by atoms with Crippen LogP contribution in [0.4, 0.5) is 5.82 Å². The molecule has 0 radical (unpaired) electrons. The molecule has 0 atom stereocenters. The van der Waals surface area contributed by atoms with Crippen LogP contribution in [0.3, 0.4) is 0 Å². The summed E-state index contributed by atoms with van der Waals surface area (Å²) in [6.45, 7) is 3.05. The Kier molecular flexibility index (Phi) is 6.86. The van der Waals surface area contributed by atoms with E-state index < -0.39 is 0 Å². The fourth-order valence-electron chi connectivity index (χ4n) is 3.70. The SMILES string of the molecule is CCOC(=O)CNc1c(C2CCCCC2)nc2cc(C(=O)NCCN)ccn12. The van der Waals surface area contributed by atoms with E-state index in [4.69, 9.17) is 15.5 Å². The van der Waals surface area contributed by atoms with Gasteiger partial charge < -0.3 is 21.1 Å². The number of amides is 1. The summed E-state index contributed by atoms with van der Waals surface area (Å²) in [5, 5.41) is 5.98. The Morgan fingerprint density at radius 1 is 1.32 bits per heavy atom. The standard InChI is InChI=1S/C20H29N5O3/c1-2-28-17(26)13-23-19-18(14-6-4-3-5-7-14)24-16-12-15(8-11-25(16)19)20(27)22-10-9-21/h8,11-12,14,23H,2-7,9-10,13,21H2,1H3,(H,22,27). The average molecular weight is 387 g/mol. The van der Waals surface area contributed by atoms with Gasteiger partial charge in [0.05, 0.1) is 12.3 Å². The van der Waals surface area contributed by atoms with Crippen molar-refractivity contribution in [1.29, 1.82) is 0 Å². The van der Waals surface area contributed by atoms with Gasteiger partial charge in [-0.05, 0) is 31.9 Å². The summed E-state index contributed by atoms with van der Waals surface area (Å²) in [5.41, 5.74) is 7.64. The van der Waals surface area contributed by atoms with Crippen molar-refractivity contribution in [2.24, 2.45) is 5.73 Å². The van der Waals surface area contributed by atoms with Gasteiger partial charge in [-0.3, -0.25) is 14.0 Å². The minimum atomic E-state index is -0.301. The average Bonchev–Trinajstić information content (AvgIpc) is 3.09. The van der Waals surface area contributed by atoms with Gasteiger partial charge in [-0.2, -0.15) is 0 Å². The van der Waals surface area contributed by atoms with Crippen LogP contribution in [-0.4, -0.2) is 47.5 Å². The van der Waals surface area contributed by atoms with Gasteiger partial charge in [-0.15, -0.1) is 0 Å². The van der Waals surface area contributed by atoms with Crippen LogP contribution >= 0.6 is 0 Å². The van der Waals surface area contributed by atoms with Crippen LogP contribution in [0.25, 0.3) is 5.65 Å². The normalized spacial score (nSPS) is 14.8. The van der Waals surface area contributed by atoms with Gasteiger partial charge in [-0.1, -0.05) is 19.3 Å². The third kappa shape index (κ3) is 4.62. The van der Waals surface area contributed by atoms with E-state index >= 15 is 0 Å². The summed E-state index contributed by atoms with van der Waals surface area (Å²) in [6.07, 6.45) is 7.61. The maximum atomic E-state index is 12.2. The Hall–Kier alpha value is -2.61. The zero-order chi connectivity index (χ0) is 19.9. The second kappa shape index (κ2) is 9.54. The highest BCUT2D eigenvalue weighted by atomic mass is 16.5. The predicted molar refractivity (Wildman–Crippen MR) is 108 cm³/mol. The molecular formula is C20H29N5O3. The van der Waals surface area contributed by atoms with Crippen LogP contribution in [0.1, 0.15) is 61.0 Å². The van der Waals surface area contributed by atoms with E-state index in [2.05, 4.69) is 10.6 Å². The number of carbonyl (C=O) groups excluding carboxylic acids is 2. The van der Waals surface area contributed by atoms with Crippen LogP contribution in [-0.2, 0) is 9.53 Å². The number of nitrogens with zero attached hydrogens (tertiary/aromatic N) is 2.